The lowest BCUT2D eigenvalue weighted by atomic mass is 9.98. The van der Waals surface area contributed by atoms with Gasteiger partial charge < -0.3 is 10.6 Å². The summed E-state index contributed by atoms with van der Waals surface area (Å²) < 4.78 is 0. The Morgan fingerprint density at radius 2 is 1.61 bits per heavy atom. The van der Waals surface area contributed by atoms with Crippen molar-refractivity contribution in [3.8, 4) is 0 Å². The Bertz CT molecular complexity index is 919. The summed E-state index contributed by atoms with van der Waals surface area (Å²) in [6, 6.07) is 16.4. The Hall–Kier alpha value is -2.99. The number of likely N-dealkylation sites (tertiary alicyclic amines) is 1. The van der Waals surface area contributed by atoms with Crippen LogP contribution < -0.4 is 10.6 Å². The van der Waals surface area contributed by atoms with E-state index in [-0.39, 0.29) is 29.6 Å². The number of Topliss-reactive ketones (excluding diaryl/α,β-unsaturated/α-hetero) is 1. The van der Waals surface area contributed by atoms with Gasteiger partial charge in [0.25, 0.3) is 0 Å². The van der Waals surface area contributed by atoms with Crippen LogP contribution in [0.25, 0.3) is 0 Å². The van der Waals surface area contributed by atoms with Crippen molar-refractivity contribution in [1.82, 2.24) is 10.2 Å². The second kappa shape index (κ2) is 10.4. The van der Waals surface area contributed by atoms with E-state index in [1.54, 1.807) is 24.3 Å². The number of piperidine rings is 1. The highest BCUT2D eigenvalue weighted by Gasteiger charge is 2.31. The molecule has 0 saturated carbocycles. The molecular weight excluding hydrogens is 390 g/mol. The Morgan fingerprint density at radius 1 is 0.935 bits per heavy atom. The van der Waals surface area contributed by atoms with Crippen molar-refractivity contribution < 1.29 is 14.4 Å². The fourth-order valence-corrected chi connectivity index (χ4v) is 3.86. The predicted octanol–water partition coefficient (Wildman–Crippen LogP) is 3.81. The molecule has 0 aliphatic carbocycles. The summed E-state index contributed by atoms with van der Waals surface area (Å²) in [6.45, 7) is 6.71. The van der Waals surface area contributed by atoms with Crippen molar-refractivity contribution in [1.29, 1.82) is 0 Å². The van der Waals surface area contributed by atoms with Crippen molar-refractivity contribution in [3.05, 3.63) is 65.7 Å². The summed E-state index contributed by atoms with van der Waals surface area (Å²) in [4.78, 5) is 39.2. The van der Waals surface area contributed by atoms with Crippen molar-refractivity contribution in [2.75, 3.05) is 18.4 Å². The highest BCUT2D eigenvalue weighted by Crippen LogP contribution is 2.27. The fraction of sp³-hybridized carbons (Fsp3) is 0.400. The first-order valence-electron chi connectivity index (χ1n) is 10.9. The SMILES string of the molecule is CC(=O)c1cccc(NC(=O)C(c2ccccc2)N2CCC(NC(=O)C(C)C)CC2)c1. The summed E-state index contributed by atoms with van der Waals surface area (Å²) in [7, 11) is 0. The molecule has 1 aliphatic rings. The van der Waals surface area contributed by atoms with Gasteiger partial charge in [0, 0.05) is 36.3 Å². The lowest BCUT2D eigenvalue weighted by Crippen LogP contribution is -2.48. The summed E-state index contributed by atoms with van der Waals surface area (Å²) in [5.74, 6) is -0.134. The molecule has 0 aromatic heterocycles. The number of nitrogens with one attached hydrogen (secondary N) is 2. The van der Waals surface area contributed by atoms with Crippen molar-refractivity contribution in [2.24, 2.45) is 5.92 Å². The van der Waals surface area contributed by atoms with E-state index >= 15 is 0 Å². The van der Waals surface area contributed by atoms with Crippen molar-refractivity contribution >= 4 is 23.3 Å². The molecule has 164 valence electrons. The van der Waals surface area contributed by atoms with Crippen molar-refractivity contribution in [2.45, 2.75) is 45.7 Å². The second-order valence-corrected chi connectivity index (χ2v) is 8.41. The first kappa shape index (κ1) is 22.7. The van der Waals surface area contributed by atoms with E-state index in [1.165, 1.54) is 6.92 Å². The Balaban J connectivity index is 1.74. The third-order valence-electron chi connectivity index (χ3n) is 5.67. The van der Waals surface area contributed by atoms with E-state index in [0.717, 1.165) is 18.4 Å². The lowest BCUT2D eigenvalue weighted by Gasteiger charge is -2.37. The lowest BCUT2D eigenvalue weighted by molar-refractivity contribution is -0.126. The van der Waals surface area contributed by atoms with Crippen LogP contribution in [-0.4, -0.2) is 41.6 Å². The van der Waals surface area contributed by atoms with E-state index in [1.807, 2.05) is 44.2 Å². The number of amides is 2. The highest BCUT2D eigenvalue weighted by molar-refractivity contribution is 5.98. The van der Waals surface area contributed by atoms with Gasteiger partial charge in [-0.3, -0.25) is 19.3 Å². The third kappa shape index (κ3) is 6.01. The van der Waals surface area contributed by atoms with Crippen LogP contribution >= 0.6 is 0 Å². The maximum atomic E-state index is 13.3. The maximum Gasteiger partial charge on any atom is 0.246 e. The predicted molar refractivity (Wildman–Crippen MR) is 122 cm³/mol. The molecule has 6 nitrogen and oxygen atoms in total. The normalized spacial score (nSPS) is 16.0. The van der Waals surface area contributed by atoms with E-state index in [2.05, 4.69) is 15.5 Å². The molecule has 2 amide bonds. The molecule has 1 unspecified atom stereocenters. The van der Waals surface area contributed by atoms with Gasteiger partial charge in [-0.15, -0.1) is 0 Å². The van der Waals surface area contributed by atoms with E-state index in [0.29, 0.717) is 24.3 Å². The number of ketones is 1. The van der Waals surface area contributed by atoms with Crippen LogP contribution in [0.2, 0.25) is 0 Å². The molecule has 1 atom stereocenters. The molecule has 2 aromatic rings. The average Bonchev–Trinajstić information content (AvgIpc) is 2.76. The molecule has 3 rings (SSSR count). The number of carbonyl (C=O) groups is 3. The van der Waals surface area contributed by atoms with Crippen LogP contribution in [0, 0.1) is 5.92 Å². The molecule has 1 aliphatic heterocycles. The van der Waals surface area contributed by atoms with Gasteiger partial charge in [-0.05, 0) is 37.5 Å². The summed E-state index contributed by atoms with van der Waals surface area (Å²) in [6.07, 6.45) is 1.60. The number of hydrogen-bond donors (Lipinski definition) is 2. The minimum atomic E-state index is -0.441. The Labute approximate surface area is 184 Å². The van der Waals surface area contributed by atoms with Crippen LogP contribution in [0.3, 0.4) is 0 Å². The fourth-order valence-electron chi connectivity index (χ4n) is 3.86. The zero-order chi connectivity index (χ0) is 22.4. The zero-order valence-corrected chi connectivity index (χ0v) is 18.4. The summed E-state index contributed by atoms with van der Waals surface area (Å²) >= 11 is 0. The molecule has 1 fully saturated rings. The molecule has 0 spiro atoms. The van der Waals surface area contributed by atoms with E-state index in [4.69, 9.17) is 0 Å². The van der Waals surface area contributed by atoms with Crippen LogP contribution in [0.1, 0.15) is 55.6 Å². The number of rotatable bonds is 7. The molecule has 31 heavy (non-hydrogen) atoms. The number of nitrogens with zero attached hydrogens (tertiary/aromatic N) is 1. The number of anilines is 1. The molecule has 2 aromatic carbocycles. The smallest absolute Gasteiger partial charge is 0.246 e. The number of hydrogen-bond acceptors (Lipinski definition) is 4. The zero-order valence-electron chi connectivity index (χ0n) is 18.4. The first-order valence-corrected chi connectivity index (χ1v) is 10.9. The van der Waals surface area contributed by atoms with Gasteiger partial charge in [0.1, 0.15) is 6.04 Å². The van der Waals surface area contributed by atoms with Crippen LogP contribution in [0.4, 0.5) is 5.69 Å². The largest absolute Gasteiger partial charge is 0.353 e. The van der Waals surface area contributed by atoms with E-state index in [9.17, 15) is 14.4 Å². The average molecular weight is 422 g/mol. The molecule has 1 heterocycles. The Morgan fingerprint density at radius 3 is 2.23 bits per heavy atom. The Kier molecular flexibility index (Phi) is 7.58. The molecule has 1 saturated heterocycles. The maximum absolute atomic E-state index is 13.3. The topological polar surface area (TPSA) is 78.5 Å². The number of benzene rings is 2. The third-order valence-corrected chi connectivity index (χ3v) is 5.67. The summed E-state index contributed by atoms with van der Waals surface area (Å²) in [5, 5.41) is 6.09. The van der Waals surface area contributed by atoms with Gasteiger partial charge in [-0.1, -0.05) is 56.3 Å². The summed E-state index contributed by atoms with van der Waals surface area (Å²) in [5.41, 5.74) is 2.10. The monoisotopic (exact) mass is 421 g/mol. The molecule has 0 bridgehead atoms. The number of carbonyl (C=O) groups excluding carboxylic acids is 3. The molecule has 0 radical (unpaired) electrons. The standard InChI is InChI=1S/C25H31N3O3/c1-17(2)24(30)26-21-12-14-28(15-13-21)23(19-8-5-4-6-9-19)25(31)27-22-11-7-10-20(16-22)18(3)29/h4-11,16-17,21,23H,12-15H2,1-3H3,(H,26,30)(H,27,31). The van der Waals surface area contributed by atoms with Gasteiger partial charge in [-0.25, -0.2) is 0 Å². The minimum Gasteiger partial charge on any atom is -0.353 e. The minimum absolute atomic E-state index is 0.0355. The highest BCUT2D eigenvalue weighted by atomic mass is 16.2. The van der Waals surface area contributed by atoms with Crippen LogP contribution in [-0.2, 0) is 9.59 Å². The van der Waals surface area contributed by atoms with Gasteiger partial charge in [0.05, 0.1) is 0 Å². The van der Waals surface area contributed by atoms with Gasteiger partial charge in [0.2, 0.25) is 11.8 Å². The van der Waals surface area contributed by atoms with E-state index < -0.39 is 6.04 Å². The first-order chi connectivity index (χ1) is 14.8. The van der Waals surface area contributed by atoms with Gasteiger partial charge in [0.15, 0.2) is 5.78 Å². The molecule has 2 N–H and O–H groups in total. The van der Waals surface area contributed by atoms with Crippen molar-refractivity contribution in [3.63, 3.8) is 0 Å². The van der Waals surface area contributed by atoms with Gasteiger partial charge in [-0.2, -0.15) is 0 Å². The van der Waals surface area contributed by atoms with Crippen LogP contribution in [0.5, 0.6) is 0 Å². The molecule has 6 heteroatoms. The second-order valence-electron chi connectivity index (χ2n) is 8.41. The van der Waals surface area contributed by atoms with Gasteiger partial charge >= 0.3 is 0 Å². The molecular formula is C25H31N3O3. The van der Waals surface area contributed by atoms with Crippen LogP contribution in [0.15, 0.2) is 54.6 Å². The quantitative estimate of drug-likeness (QED) is 0.667.